The molecular formula is C14H19NS. The van der Waals surface area contributed by atoms with Crippen LogP contribution in [-0.4, -0.2) is 6.04 Å². The van der Waals surface area contributed by atoms with Crippen molar-refractivity contribution in [1.29, 1.82) is 0 Å². The molecule has 2 unspecified atom stereocenters. The van der Waals surface area contributed by atoms with Crippen LogP contribution in [0, 0.1) is 0 Å². The Labute approximate surface area is 102 Å². The Bertz CT molecular complexity index is 380. The first-order valence-corrected chi connectivity index (χ1v) is 7.29. The SMILES string of the molecule is C1=CCC(NC2CCCc3sccc32)CC1. The highest BCUT2D eigenvalue weighted by Gasteiger charge is 2.23. The zero-order valence-corrected chi connectivity index (χ0v) is 10.4. The van der Waals surface area contributed by atoms with Gasteiger partial charge in [0, 0.05) is 17.0 Å². The van der Waals surface area contributed by atoms with E-state index in [0.717, 1.165) is 0 Å². The van der Waals surface area contributed by atoms with Gasteiger partial charge in [0.1, 0.15) is 0 Å². The number of hydrogen-bond donors (Lipinski definition) is 1. The molecule has 3 rings (SSSR count). The van der Waals surface area contributed by atoms with E-state index in [0.29, 0.717) is 12.1 Å². The third-order valence-electron chi connectivity index (χ3n) is 3.76. The Morgan fingerprint density at radius 1 is 1.25 bits per heavy atom. The van der Waals surface area contributed by atoms with E-state index >= 15 is 0 Å². The minimum atomic E-state index is 0.631. The third-order valence-corrected chi connectivity index (χ3v) is 4.75. The summed E-state index contributed by atoms with van der Waals surface area (Å²) >= 11 is 1.94. The summed E-state index contributed by atoms with van der Waals surface area (Å²) in [6.07, 6.45) is 12.4. The first-order chi connectivity index (χ1) is 7.93. The molecule has 0 amide bonds. The molecule has 2 heteroatoms. The van der Waals surface area contributed by atoms with Gasteiger partial charge in [0.05, 0.1) is 0 Å². The second-order valence-corrected chi connectivity index (χ2v) is 5.89. The summed E-state index contributed by atoms with van der Waals surface area (Å²) in [4.78, 5) is 1.62. The lowest BCUT2D eigenvalue weighted by atomic mass is 9.92. The molecule has 0 spiro atoms. The largest absolute Gasteiger partial charge is 0.307 e. The van der Waals surface area contributed by atoms with E-state index < -0.39 is 0 Å². The van der Waals surface area contributed by atoms with E-state index in [1.54, 1.807) is 10.4 Å². The van der Waals surface area contributed by atoms with E-state index in [1.165, 1.54) is 38.5 Å². The molecule has 0 aromatic carbocycles. The van der Waals surface area contributed by atoms with Crippen LogP contribution < -0.4 is 5.32 Å². The van der Waals surface area contributed by atoms with Crippen molar-refractivity contribution in [2.45, 2.75) is 50.6 Å². The molecule has 0 radical (unpaired) electrons. The maximum absolute atomic E-state index is 3.86. The van der Waals surface area contributed by atoms with Crippen LogP contribution in [0.1, 0.15) is 48.6 Å². The van der Waals surface area contributed by atoms with Gasteiger partial charge in [0.15, 0.2) is 0 Å². The second-order valence-electron chi connectivity index (χ2n) is 4.89. The Balaban J connectivity index is 1.70. The third kappa shape index (κ3) is 2.09. The van der Waals surface area contributed by atoms with Crippen molar-refractivity contribution in [2.24, 2.45) is 0 Å². The maximum atomic E-state index is 3.86. The smallest absolute Gasteiger partial charge is 0.0333 e. The Hall–Kier alpha value is -0.600. The van der Waals surface area contributed by atoms with Gasteiger partial charge >= 0.3 is 0 Å². The number of nitrogens with one attached hydrogen (secondary N) is 1. The van der Waals surface area contributed by atoms with Crippen LogP contribution >= 0.6 is 11.3 Å². The van der Waals surface area contributed by atoms with Crippen molar-refractivity contribution in [3.63, 3.8) is 0 Å². The topological polar surface area (TPSA) is 12.0 Å². The van der Waals surface area contributed by atoms with Crippen molar-refractivity contribution >= 4 is 11.3 Å². The number of allylic oxidation sites excluding steroid dienone is 1. The van der Waals surface area contributed by atoms with E-state index in [9.17, 15) is 0 Å². The minimum absolute atomic E-state index is 0.631. The van der Waals surface area contributed by atoms with Gasteiger partial charge in [-0.05, 0) is 55.5 Å². The molecular weight excluding hydrogens is 214 g/mol. The number of hydrogen-bond acceptors (Lipinski definition) is 2. The van der Waals surface area contributed by atoms with Crippen LogP contribution in [0.3, 0.4) is 0 Å². The van der Waals surface area contributed by atoms with Gasteiger partial charge in [-0.1, -0.05) is 12.2 Å². The molecule has 1 aromatic rings. The zero-order chi connectivity index (χ0) is 10.8. The number of rotatable bonds is 2. The Morgan fingerprint density at radius 2 is 2.25 bits per heavy atom. The minimum Gasteiger partial charge on any atom is -0.307 e. The molecule has 1 nitrogen and oxygen atoms in total. The van der Waals surface area contributed by atoms with Gasteiger partial charge in [-0.15, -0.1) is 11.3 Å². The van der Waals surface area contributed by atoms with Gasteiger partial charge in [-0.3, -0.25) is 0 Å². The molecule has 1 aromatic heterocycles. The highest BCUT2D eigenvalue weighted by molar-refractivity contribution is 7.10. The molecule has 86 valence electrons. The molecule has 2 aliphatic rings. The Kier molecular flexibility index (Phi) is 3.11. The summed E-state index contributed by atoms with van der Waals surface area (Å²) in [6.45, 7) is 0. The monoisotopic (exact) mass is 233 g/mol. The molecule has 0 bridgehead atoms. The van der Waals surface area contributed by atoms with E-state index in [-0.39, 0.29) is 0 Å². The van der Waals surface area contributed by atoms with Crippen molar-refractivity contribution in [1.82, 2.24) is 5.32 Å². The maximum Gasteiger partial charge on any atom is 0.0333 e. The molecule has 2 atom stereocenters. The molecule has 1 heterocycles. The summed E-state index contributed by atoms with van der Waals surface area (Å²) in [5.41, 5.74) is 1.59. The Morgan fingerprint density at radius 3 is 3.12 bits per heavy atom. The standard InChI is InChI=1S/C14H19NS/c1-2-5-11(6-3-1)15-13-7-4-8-14-12(13)9-10-16-14/h1-2,9-11,13,15H,3-8H2. The van der Waals surface area contributed by atoms with Gasteiger partial charge in [-0.25, -0.2) is 0 Å². The predicted molar refractivity (Wildman–Crippen MR) is 69.9 cm³/mol. The first kappa shape index (κ1) is 10.5. The average Bonchev–Trinajstić information content (AvgIpc) is 2.80. The lowest BCUT2D eigenvalue weighted by molar-refractivity contribution is 0.378. The van der Waals surface area contributed by atoms with E-state index in [2.05, 4.69) is 28.9 Å². The van der Waals surface area contributed by atoms with Crippen LogP contribution in [0.5, 0.6) is 0 Å². The van der Waals surface area contributed by atoms with Gasteiger partial charge in [0.2, 0.25) is 0 Å². The molecule has 0 saturated heterocycles. The van der Waals surface area contributed by atoms with Gasteiger partial charge in [0.25, 0.3) is 0 Å². The predicted octanol–water partition coefficient (Wildman–Crippen LogP) is 3.82. The van der Waals surface area contributed by atoms with Crippen molar-refractivity contribution in [2.75, 3.05) is 0 Å². The fraction of sp³-hybridized carbons (Fsp3) is 0.571. The molecule has 0 fully saturated rings. The molecule has 0 aliphatic heterocycles. The van der Waals surface area contributed by atoms with Crippen LogP contribution in [0.2, 0.25) is 0 Å². The molecule has 16 heavy (non-hydrogen) atoms. The normalized spacial score (nSPS) is 29.0. The van der Waals surface area contributed by atoms with Crippen molar-refractivity contribution < 1.29 is 0 Å². The molecule has 2 aliphatic carbocycles. The first-order valence-electron chi connectivity index (χ1n) is 6.41. The quantitative estimate of drug-likeness (QED) is 0.766. The molecule has 1 N–H and O–H groups in total. The fourth-order valence-electron chi connectivity index (χ4n) is 2.89. The summed E-state index contributed by atoms with van der Waals surface area (Å²) in [5, 5.41) is 6.11. The van der Waals surface area contributed by atoms with Gasteiger partial charge in [-0.2, -0.15) is 0 Å². The summed E-state index contributed by atoms with van der Waals surface area (Å²) in [7, 11) is 0. The number of thiophene rings is 1. The highest BCUT2D eigenvalue weighted by atomic mass is 32.1. The lowest BCUT2D eigenvalue weighted by Crippen LogP contribution is -2.34. The molecule has 0 saturated carbocycles. The zero-order valence-electron chi connectivity index (χ0n) is 9.61. The van der Waals surface area contributed by atoms with Crippen LogP contribution in [0.15, 0.2) is 23.6 Å². The fourth-order valence-corrected chi connectivity index (χ4v) is 3.88. The van der Waals surface area contributed by atoms with Crippen LogP contribution in [-0.2, 0) is 6.42 Å². The lowest BCUT2D eigenvalue weighted by Gasteiger charge is -2.29. The van der Waals surface area contributed by atoms with Gasteiger partial charge < -0.3 is 5.32 Å². The average molecular weight is 233 g/mol. The van der Waals surface area contributed by atoms with E-state index in [4.69, 9.17) is 0 Å². The van der Waals surface area contributed by atoms with Crippen molar-refractivity contribution in [3.05, 3.63) is 34.0 Å². The highest BCUT2D eigenvalue weighted by Crippen LogP contribution is 2.34. The second kappa shape index (κ2) is 4.72. The summed E-state index contributed by atoms with van der Waals surface area (Å²) in [5.74, 6) is 0. The number of fused-ring (bicyclic) bond motifs is 1. The van der Waals surface area contributed by atoms with Crippen LogP contribution in [0.25, 0.3) is 0 Å². The summed E-state index contributed by atoms with van der Waals surface area (Å²) in [6, 6.07) is 3.67. The van der Waals surface area contributed by atoms with Crippen molar-refractivity contribution in [3.8, 4) is 0 Å². The van der Waals surface area contributed by atoms with E-state index in [1.807, 2.05) is 11.3 Å². The van der Waals surface area contributed by atoms with Crippen LogP contribution in [0.4, 0.5) is 0 Å². The number of aryl methyl sites for hydroxylation is 1. The summed E-state index contributed by atoms with van der Waals surface area (Å²) < 4.78 is 0.